The molecule has 1 aliphatic rings. The molecule has 1 N–H and O–H groups in total. The van der Waals surface area contributed by atoms with Crippen LogP contribution in [0.4, 0.5) is 0 Å². The van der Waals surface area contributed by atoms with Crippen LogP contribution >= 0.6 is 11.3 Å². The van der Waals surface area contributed by atoms with Crippen molar-refractivity contribution < 1.29 is 14.3 Å². The number of carbonyl (C=O) groups is 2. The lowest BCUT2D eigenvalue weighted by atomic mass is 9.97. The first-order chi connectivity index (χ1) is 10.6. The van der Waals surface area contributed by atoms with Crippen LogP contribution < -0.4 is 5.32 Å². The molecule has 6 heteroatoms. The standard InChI is InChI=1S/C16H24N2O3S/c1-3-21-16(20)13-6-4-8-18(11-13)12(2)15(19)17-10-14-7-5-9-22-14/h5,7,9,12-13H,3-4,6,8,10-11H2,1-2H3,(H,17,19)/t12-,13-/m0/s1. The minimum absolute atomic E-state index is 0.0120. The highest BCUT2D eigenvalue weighted by molar-refractivity contribution is 7.09. The number of rotatable bonds is 6. The van der Waals surface area contributed by atoms with E-state index in [-0.39, 0.29) is 23.8 Å². The average molecular weight is 324 g/mol. The fraction of sp³-hybridized carbons (Fsp3) is 0.625. The SMILES string of the molecule is CCOC(=O)[C@H]1CCCN([C@@H](C)C(=O)NCc2cccs2)C1. The van der Waals surface area contributed by atoms with Crippen LogP contribution in [-0.4, -0.2) is 42.5 Å². The first-order valence-corrected chi connectivity index (χ1v) is 8.70. The number of hydrogen-bond donors (Lipinski definition) is 1. The smallest absolute Gasteiger partial charge is 0.310 e. The first kappa shape index (κ1) is 17.0. The monoisotopic (exact) mass is 324 g/mol. The molecule has 22 heavy (non-hydrogen) atoms. The number of carbonyl (C=O) groups excluding carboxylic acids is 2. The highest BCUT2D eigenvalue weighted by Gasteiger charge is 2.31. The molecule has 1 aromatic rings. The molecular weight excluding hydrogens is 300 g/mol. The third kappa shape index (κ3) is 4.55. The van der Waals surface area contributed by atoms with Crippen LogP contribution in [0.2, 0.25) is 0 Å². The number of esters is 1. The molecule has 0 saturated carbocycles. The highest BCUT2D eigenvalue weighted by Crippen LogP contribution is 2.20. The predicted octanol–water partition coefficient (Wildman–Crippen LogP) is 2.03. The molecule has 0 bridgehead atoms. The van der Waals surface area contributed by atoms with Crippen LogP contribution in [0.1, 0.15) is 31.6 Å². The zero-order valence-corrected chi connectivity index (χ0v) is 14.0. The Hall–Kier alpha value is -1.40. The highest BCUT2D eigenvalue weighted by atomic mass is 32.1. The van der Waals surface area contributed by atoms with Gasteiger partial charge in [-0.25, -0.2) is 0 Å². The lowest BCUT2D eigenvalue weighted by Crippen LogP contribution is -2.50. The summed E-state index contributed by atoms with van der Waals surface area (Å²) in [7, 11) is 0. The second kappa shape index (κ2) is 8.29. The third-order valence-corrected chi connectivity index (χ3v) is 4.89. The zero-order valence-electron chi connectivity index (χ0n) is 13.2. The number of amides is 1. The van der Waals surface area contributed by atoms with E-state index in [1.165, 1.54) is 0 Å². The van der Waals surface area contributed by atoms with Crippen molar-refractivity contribution in [3.05, 3.63) is 22.4 Å². The van der Waals surface area contributed by atoms with Crippen LogP contribution in [0.15, 0.2) is 17.5 Å². The predicted molar refractivity (Wildman–Crippen MR) is 86.6 cm³/mol. The zero-order chi connectivity index (χ0) is 15.9. The summed E-state index contributed by atoms with van der Waals surface area (Å²) in [5.41, 5.74) is 0. The maximum Gasteiger partial charge on any atom is 0.310 e. The van der Waals surface area contributed by atoms with Crippen molar-refractivity contribution in [3.8, 4) is 0 Å². The number of hydrogen-bond acceptors (Lipinski definition) is 5. The molecule has 1 fully saturated rings. The molecule has 0 aromatic carbocycles. The van der Waals surface area contributed by atoms with E-state index < -0.39 is 0 Å². The molecule has 2 rings (SSSR count). The Morgan fingerprint density at radius 2 is 2.36 bits per heavy atom. The van der Waals surface area contributed by atoms with Gasteiger partial charge in [-0.3, -0.25) is 14.5 Å². The molecule has 1 amide bonds. The van der Waals surface area contributed by atoms with Gasteiger partial charge in [-0.2, -0.15) is 0 Å². The molecule has 0 spiro atoms. The van der Waals surface area contributed by atoms with E-state index in [1.54, 1.807) is 11.3 Å². The summed E-state index contributed by atoms with van der Waals surface area (Å²) < 4.78 is 5.10. The van der Waals surface area contributed by atoms with Crippen molar-refractivity contribution in [1.29, 1.82) is 0 Å². The van der Waals surface area contributed by atoms with Crippen molar-refractivity contribution in [2.75, 3.05) is 19.7 Å². The number of thiophene rings is 1. The first-order valence-electron chi connectivity index (χ1n) is 7.82. The average Bonchev–Trinajstić information content (AvgIpc) is 3.05. The van der Waals surface area contributed by atoms with Crippen molar-refractivity contribution >= 4 is 23.2 Å². The normalized spacial score (nSPS) is 20.4. The fourth-order valence-electron chi connectivity index (χ4n) is 2.71. The maximum absolute atomic E-state index is 12.3. The van der Waals surface area contributed by atoms with Gasteiger partial charge >= 0.3 is 5.97 Å². The molecule has 5 nitrogen and oxygen atoms in total. The summed E-state index contributed by atoms with van der Waals surface area (Å²) in [5.74, 6) is -0.238. The van der Waals surface area contributed by atoms with E-state index >= 15 is 0 Å². The number of piperidine rings is 1. The van der Waals surface area contributed by atoms with Crippen LogP contribution in [0, 0.1) is 5.92 Å². The molecule has 2 atom stereocenters. The second-order valence-corrected chi connectivity index (χ2v) is 6.59. The number of nitrogens with one attached hydrogen (secondary N) is 1. The Labute approximate surface area is 135 Å². The third-order valence-electron chi connectivity index (χ3n) is 4.02. The molecule has 1 aliphatic heterocycles. The lowest BCUT2D eigenvalue weighted by molar-refractivity contribution is -0.151. The summed E-state index contributed by atoms with van der Waals surface area (Å²) in [6.45, 7) is 6.15. The summed E-state index contributed by atoms with van der Waals surface area (Å²) in [4.78, 5) is 27.4. The van der Waals surface area contributed by atoms with Gasteiger partial charge in [-0.1, -0.05) is 6.07 Å². The summed E-state index contributed by atoms with van der Waals surface area (Å²) >= 11 is 1.63. The van der Waals surface area contributed by atoms with E-state index in [0.717, 1.165) is 24.3 Å². The van der Waals surface area contributed by atoms with E-state index in [1.807, 2.05) is 31.4 Å². The van der Waals surface area contributed by atoms with E-state index in [2.05, 4.69) is 10.2 Å². The molecule has 1 saturated heterocycles. The van der Waals surface area contributed by atoms with Gasteiger partial charge in [0.25, 0.3) is 0 Å². The number of ether oxygens (including phenoxy) is 1. The Morgan fingerprint density at radius 3 is 3.05 bits per heavy atom. The Bertz CT molecular complexity index is 490. The Balaban J connectivity index is 1.83. The Morgan fingerprint density at radius 1 is 1.55 bits per heavy atom. The van der Waals surface area contributed by atoms with Gasteiger partial charge < -0.3 is 10.1 Å². The van der Waals surface area contributed by atoms with Crippen LogP contribution in [-0.2, 0) is 20.9 Å². The fourth-order valence-corrected chi connectivity index (χ4v) is 3.36. The molecule has 1 aromatic heterocycles. The van der Waals surface area contributed by atoms with Gasteiger partial charge in [0, 0.05) is 11.4 Å². The molecule has 0 unspecified atom stereocenters. The van der Waals surface area contributed by atoms with Crippen molar-refractivity contribution in [2.24, 2.45) is 5.92 Å². The van der Waals surface area contributed by atoms with E-state index in [0.29, 0.717) is 19.7 Å². The van der Waals surface area contributed by atoms with Crippen molar-refractivity contribution in [2.45, 2.75) is 39.3 Å². The minimum atomic E-state index is -0.225. The molecule has 122 valence electrons. The van der Waals surface area contributed by atoms with Crippen LogP contribution in [0.3, 0.4) is 0 Å². The number of nitrogens with zero attached hydrogens (tertiary/aromatic N) is 1. The van der Waals surface area contributed by atoms with Gasteiger partial charge in [-0.15, -0.1) is 11.3 Å². The Kier molecular flexibility index (Phi) is 6.39. The van der Waals surface area contributed by atoms with Gasteiger partial charge in [0.15, 0.2) is 0 Å². The summed E-state index contributed by atoms with van der Waals surface area (Å²) in [5, 5.41) is 4.96. The molecule has 2 heterocycles. The topological polar surface area (TPSA) is 58.6 Å². The van der Waals surface area contributed by atoms with Gasteiger partial charge in [-0.05, 0) is 44.7 Å². The van der Waals surface area contributed by atoms with E-state index in [4.69, 9.17) is 4.74 Å². The van der Waals surface area contributed by atoms with Crippen molar-refractivity contribution in [1.82, 2.24) is 10.2 Å². The van der Waals surface area contributed by atoms with Crippen molar-refractivity contribution in [3.63, 3.8) is 0 Å². The maximum atomic E-state index is 12.3. The second-order valence-electron chi connectivity index (χ2n) is 5.56. The van der Waals surface area contributed by atoms with Crippen LogP contribution in [0.25, 0.3) is 0 Å². The summed E-state index contributed by atoms with van der Waals surface area (Å²) in [6.07, 6.45) is 1.77. The summed E-state index contributed by atoms with van der Waals surface area (Å²) in [6, 6.07) is 3.76. The van der Waals surface area contributed by atoms with Gasteiger partial charge in [0.05, 0.1) is 25.1 Å². The lowest BCUT2D eigenvalue weighted by Gasteiger charge is -2.35. The van der Waals surface area contributed by atoms with E-state index in [9.17, 15) is 9.59 Å². The van der Waals surface area contributed by atoms with Crippen LogP contribution in [0.5, 0.6) is 0 Å². The number of likely N-dealkylation sites (tertiary alicyclic amines) is 1. The van der Waals surface area contributed by atoms with Gasteiger partial charge in [0.2, 0.25) is 5.91 Å². The molecule has 0 aliphatic carbocycles. The quantitative estimate of drug-likeness (QED) is 0.814. The molecule has 0 radical (unpaired) electrons. The minimum Gasteiger partial charge on any atom is -0.466 e. The van der Waals surface area contributed by atoms with Gasteiger partial charge in [0.1, 0.15) is 0 Å². The largest absolute Gasteiger partial charge is 0.466 e. The molecular formula is C16H24N2O3S.